The number of nitrogens with zero attached hydrogens (tertiary/aromatic N) is 1. The summed E-state index contributed by atoms with van der Waals surface area (Å²) >= 11 is 1.54. The first kappa shape index (κ1) is 14.2. The lowest BCUT2D eigenvalue weighted by molar-refractivity contribution is 0.554. The molecule has 0 fully saturated rings. The lowest BCUT2D eigenvalue weighted by atomic mass is 10.1. The second-order valence-corrected chi connectivity index (χ2v) is 6.25. The summed E-state index contributed by atoms with van der Waals surface area (Å²) in [6, 6.07) is 5.26. The monoisotopic (exact) mass is 278 g/mol. The van der Waals surface area contributed by atoms with E-state index in [1.54, 1.807) is 23.5 Å². The molecule has 0 aliphatic carbocycles. The molecule has 0 saturated carbocycles. The molecular formula is C15H19FN2S. The van der Waals surface area contributed by atoms with Gasteiger partial charge in [0.1, 0.15) is 10.8 Å². The molecule has 2 rings (SSSR count). The summed E-state index contributed by atoms with van der Waals surface area (Å²) < 4.78 is 13.9. The standard InChI is InChI=1S/C15H19FN2S/c1-10(2)7-17-8-12-9-18-15(19-12)13-5-4-11(3)6-14(13)16/h4-6,9-10,17H,7-8H2,1-3H3. The van der Waals surface area contributed by atoms with Gasteiger partial charge in [-0.15, -0.1) is 11.3 Å². The summed E-state index contributed by atoms with van der Waals surface area (Å²) in [5.41, 5.74) is 1.52. The second kappa shape index (κ2) is 6.26. The van der Waals surface area contributed by atoms with E-state index in [1.165, 1.54) is 0 Å². The molecule has 2 nitrogen and oxygen atoms in total. The quantitative estimate of drug-likeness (QED) is 0.894. The maximum Gasteiger partial charge on any atom is 0.133 e. The molecule has 0 aliphatic rings. The van der Waals surface area contributed by atoms with E-state index >= 15 is 0 Å². The van der Waals surface area contributed by atoms with Gasteiger partial charge in [-0.2, -0.15) is 0 Å². The van der Waals surface area contributed by atoms with Crippen molar-refractivity contribution in [1.82, 2.24) is 10.3 Å². The predicted molar refractivity (Wildman–Crippen MR) is 78.8 cm³/mol. The van der Waals surface area contributed by atoms with Crippen LogP contribution in [-0.4, -0.2) is 11.5 Å². The molecule has 4 heteroatoms. The van der Waals surface area contributed by atoms with Crippen LogP contribution in [0, 0.1) is 18.7 Å². The van der Waals surface area contributed by atoms with Crippen LogP contribution in [0.4, 0.5) is 4.39 Å². The van der Waals surface area contributed by atoms with E-state index in [1.807, 2.05) is 19.2 Å². The predicted octanol–water partition coefficient (Wildman–Crippen LogP) is 4.00. The maximum absolute atomic E-state index is 13.9. The topological polar surface area (TPSA) is 24.9 Å². The van der Waals surface area contributed by atoms with Crippen LogP contribution >= 0.6 is 11.3 Å². The van der Waals surface area contributed by atoms with Gasteiger partial charge in [0.2, 0.25) is 0 Å². The SMILES string of the molecule is Cc1ccc(-c2ncc(CNCC(C)C)s2)c(F)c1. The van der Waals surface area contributed by atoms with Crippen molar-refractivity contribution in [2.75, 3.05) is 6.54 Å². The van der Waals surface area contributed by atoms with E-state index in [-0.39, 0.29) is 5.82 Å². The van der Waals surface area contributed by atoms with E-state index in [9.17, 15) is 4.39 Å². The highest BCUT2D eigenvalue weighted by Crippen LogP contribution is 2.27. The first-order valence-electron chi connectivity index (χ1n) is 6.48. The molecule has 102 valence electrons. The molecule has 1 heterocycles. The number of halogens is 1. The number of aryl methyl sites for hydroxylation is 1. The first-order valence-corrected chi connectivity index (χ1v) is 7.30. The van der Waals surface area contributed by atoms with Gasteiger partial charge in [0, 0.05) is 23.2 Å². The van der Waals surface area contributed by atoms with Gasteiger partial charge in [0.25, 0.3) is 0 Å². The number of benzene rings is 1. The summed E-state index contributed by atoms with van der Waals surface area (Å²) in [4.78, 5) is 5.45. The molecule has 0 radical (unpaired) electrons. The van der Waals surface area contributed by atoms with Crippen molar-refractivity contribution in [3.05, 3.63) is 40.7 Å². The van der Waals surface area contributed by atoms with E-state index in [2.05, 4.69) is 24.1 Å². The van der Waals surface area contributed by atoms with Gasteiger partial charge >= 0.3 is 0 Å². The normalized spacial score (nSPS) is 11.2. The number of rotatable bonds is 5. The van der Waals surface area contributed by atoms with Crippen molar-refractivity contribution in [3.63, 3.8) is 0 Å². The summed E-state index contributed by atoms with van der Waals surface area (Å²) in [7, 11) is 0. The van der Waals surface area contributed by atoms with Crippen molar-refractivity contribution < 1.29 is 4.39 Å². The number of thiazole rings is 1. The zero-order valence-corrected chi connectivity index (χ0v) is 12.4. The van der Waals surface area contributed by atoms with E-state index in [4.69, 9.17) is 0 Å². The molecule has 0 unspecified atom stereocenters. The summed E-state index contributed by atoms with van der Waals surface area (Å²) in [5, 5.41) is 4.12. The lowest BCUT2D eigenvalue weighted by Gasteiger charge is -2.04. The van der Waals surface area contributed by atoms with Gasteiger partial charge < -0.3 is 5.32 Å². The molecule has 0 saturated heterocycles. The van der Waals surface area contributed by atoms with Crippen molar-refractivity contribution in [2.45, 2.75) is 27.3 Å². The summed E-state index contributed by atoms with van der Waals surface area (Å²) in [6.45, 7) is 8.00. The Labute approximate surface area is 117 Å². The minimum absolute atomic E-state index is 0.198. The number of hydrogen-bond donors (Lipinski definition) is 1. The molecule has 0 atom stereocenters. The minimum atomic E-state index is -0.198. The van der Waals surface area contributed by atoms with Gasteiger partial charge in [0.05, 0.1) is 0 Å². The van der Waals surface area contributed by atoms with Crippen molar-refractivity contribution in [1.29, 1.82) is 0 Å². The number of hydrogen-bond acceptors (Lipinski definition) is 3. The Bertz CT molecular complexity index is 549. The fraction of sp³-hybridized carbons (Fsp3) is 0.400. The molecule has 2 aromatic rings. The van der Waals surface area contributed by atoms with Crippen LogP contribution in [0.15, 0.2) is 24.4 Å². The molecule has 19 heavy (non-hydrogen) atoms. The van der Waals surface area contributed by atoms with Gasteiger partial charge in [-0.1, -0.05) is 19.9 Å². The van der Waals surface area contributed by atoms with Crippen LogP contribution in [0.2, 0.25) is 0 Å². The van der Waals surface area contributed by atoms with Crippen LogP contribution in [0.1, 0.15) is 24.3 Å². The Kier molecular flexibility index (Phi) is 4.66. The van der Waals surface area contributed by atoms with E-state index in [0.29, 0.717) is 11.5 Å². The van der Waals surface area contributed by atoms with Crippen LogP contribution in [-0.2, 0) is 6.54 Å². The Balaban J connectivity index is 2.08. The van der Waals surface area contributed by atoms with Crippen LogP contribution < -0.4 is 5.32 Å². The zero-order valence-electron chi connectivity index (χ0n) is 11.5. The number of aromatic nitrogens is 1. The van der Waals surface area contributed by atoms with Gasteiger partial charge in [-0.3, -0.25) is 0 Å². The van der Waals surface area contributed by atoms with Gasteiger partial charge in [0.15, 0.2) is 0 Å². The molecule has 1 N–H and O–H groups in total. The Morgan fingerprint density at radius 1 is 1.37 bits per heavy atom. The Morgan fingerprint density at radius 2 is 2.16 bits per heavy atom. The first-order chi connectivity index (χ1) is 9.06. The fourth-order valence-electron chi connectivity index (χ4n) is 1.79. The molecule has 0 aliphatic heterocycles. The van der Waals surface area contributed by atoms with Gasteiger partial charge in [-0.25, -0.2) is 9.37 Å². The largest absolute Gasteiger partial charge is 0.312 e. The fourth-order valence-corrected chi connectivity index (χ4v) is 2.70. The highest BCUT2D eigenvalue weighted by Gasteiger charge is 2.09. The average Bonchev–Trinajstić information content (AvgIpc) is 2.77. The Morgan fingerprint density at radius 3 is 2.84 bits per heavy atom. The smallest absolute Gasteiger partial charge is 0.133 e. The summed E-state index contributed by atoms with van der Waals surface area (Å²) in [6.07, 6.45) is 1.83. The van der Waals surface area contributed by atoms with Crippen molar-refractivity contribution in [2.24, 2.45) is 5.92 Å². The average molecular weight is 278 g/mol. The zero-order chi connectivity index (χ0) is 13.8. The van der Waals surface area contributed by atoms with E-state index < -0.39 is 0 Å². The van der Waals surface area contributed by atoms with Crippen LogP contribution in [0.25, 0.3) is 10.6 Å². The van der Waals surface area contributed by atoms with Crippen molar-refractivity contribution >= 4 is 11.3 Å². The molecule has 0 amide bonds. The third-order valence-electron chi connectivity index (χ3n) is 2.76. The third-order valence-corrected chi connectivity index (χ3v) is 3.79. The van der Waals surface area contributed by atoms with Gasteiger partial charge in [-0.05, 0) is 37.1 Å². The molecule has 1 aromatic heterocycles. The minimum Gasteiger partial charge on any atom is -0.312 e. The molecule has 1 aromatic carbocycles. The molecular weight excluding hydrogens is 259 g/mol. The van der Waals surface area contributed by atoms with Crippen molar-refractivity contribution in [3.8, 4) is 10.6 Å². The lowest BCUT2D eigenvalue weighted by Crippen LogP contribution is -2.18. The highest BCUT2D eigenvalue weighted by molar-refractivity contribution is 7.15. The summed E-state index contributed by atoms with van der Waals surface area (Å²) in [5.74, 6) is 0.429. The highest BCUT2D eigenvalue weighted by atomic mass is 32.1. The molecule has 0 spiro atoms. The van der Waals surface area contributed by atoms with Crippen LogP contribution in [0.5, 0.6) is 0 Å². The Hall–Kier alpha value is -1.26. The molecule has 0 bridgehead atoms. The third kappa shape index (κ3) is 3.85. The van der Waals surface area contributed by atoms with Crippen LogP contribution in [0.3, 0.4) is 0 Å². The maximum atomic E-state index is 13.9. The second-order valence-electron chi connectivity index (χ2n) is 5.14. The van der Waals surface area contributed by atoms with E-state index in [0.717, 1.165) is 28.5 Å². The number of nitrogens with one attached hydrogen (secondary N) is 1.